The van der Waals surface area contributed by atoms with E-state index in [0.29, 0.717) is 17.3 Å². The number of benzene rings is 1. The third kappa shape index (κ3) is 4.13. The van der Waals surface area contributed by atoms with Crippen LogP contribution < -0.4 is 11.1 Å². The molecule has 21 heavy (non-hydrogen) atoms. The van der Waals surface area contributed by atoms with Crippen molar-refractivity contribution < 1.29 is 4.79 Å². The van der Waals surface area contributed by atoms with Gasteiger partial charge in [0.15, 0.2) is 0 Å². The Hall–Kier alpha value is -1.71. The highest BCUT2D eigenvalue weighted by atomic mass is 16.2. The molecule has 1 amide bonds. The fourth-order valence-electron chi connectivity index (χ4n) is 2.96. The number of rotatable bonds is 3. The Morgan fingerprint density at radius 1 is 1.24 bits per heavy atom. The van der Waals surface area contributed by atoms with Gasteiger partial charge in [0.1, 0.15) is 0 Å². The lowest BCUT2D eigenvalue weighted by atomic mass is 10.0. The Morgan fingerprint density at radius 2 is 2.00 bits per heavy atom. The summed E-state index contributed by atoms with van der Waals surface area (Å²) in [7, 11) is 3.55. The second kappa shape index (κ2) is 6.83. The van der Waals surface area contributed by atoms with Gasteiger partial charge in [-0.25, -0.2) is 0 Å². The van der Waals surface area contributed by atoms with Crippen LogP contribution in [0.5, 0.6) is 0 Å². The summed E-state index contributed by atoms with van der Waals surface area (Å²) < 4.78 is 0. The molecule has 0 radical (unpaired) electrons. The van der Waals surface area contributed by atoms with Gasteiger partial charge < -0.3 is 16.0 Å². The Bertz CT molecular complexity index is 499. The summed E-state index contributed by atoms with van der Waals surface area (Å²) in [5, 5.41) is 3.56. The average Bonchev–Trinajstić information content (AvgIpc) is 2.63. The minimum atomic E-state index is 0.0134. The van der Waals surface area contributed by atoms with E-state index in [0.717, 1.165) is 24.4 Å². The number of nitrogens with one attached hydrogen (secondary N) is 1. The summed E-state index contributed by atoms with van der Waals surface area (Å²) in [6.07, 6.45) is 6.12. The quantitative estimate of drug-likeness (QED) is 0.662. The maximum absolute atomic E-state index is 12.3. The number of nitrogen functional groups attached to an aromatic ring is 1. The number of anilines is 2. The number of nitrogens with zero attached hydrogens (tertiary/aromatic N) is 1. The lowest BCUT2D eigenvalue weighted by Crippen LogP contribution is -2.25. The molecule has 2 unspecified atom stereocenters. The topological polar surface area (TPSA) is 58.4 Å². The minimum absolute atomic E-state index is 0.0134. The summed E-state index contributed by atoms with van der Waals surface area (Å²) >= 11 is 0. The number of carbonyl (C=O) groups is 1. The Kier molecular flexibility index (Phi) is 5.10. The normalized spacial score (nSPS) is 22.4. The van der Waals surface area contributed by atoms with Crippen LogP contribution >= 0.6 is 0 Å². The van der Waals surface area contributed by atoms with Gasteiger partial charge in [0, 0.05) is 31.5 Å². The van der Waals surface area contributed by atoms with Crippen molar-refractivity contribution in [2.75, 3.05) is 25.1 Å². The highest BCUT2D eigenvalue weighted by molar-refractivity contribution is 6.00. The third-order valence-corrected chi connectivity index (χ3v) is 4.30. The zero-order valence-electron chi connectivity index (χ0n) is 13.4. The van der Waals surface area contributed by atoms with Gasteiger partial charge in [-0.15, -0.1) is 0 Å². The van der Waals surface area contributed by atoms with E-state index in [1.54, 1.807) is 25.1 Å². The molecule has 0 bridgehead atoms. The maximum Gasteiger partial charge on any atom is 0.255 e. The van der Waals surface area contributed by atoms with Crippen LogP contribution in [0.25, 0.3) is 0 Å². The standard InChI is InChI=1S/C17H27N3O/c1-12-5-4-6-14(9-7-12)19-16-11-13(18)8-10-15(16)17(21)20(2)3/h8,10-12,14,19H,4-7,9,18H2,1-3H3. The number of amides is 1. The first-order chi connectivity index (χ1) is 9.97. The number of hydrogen-bond donors (Lipinski definition) is 2. The number of nitrogens with two attached hydrogens (primary N) is 1. The van der Waals surface area contributed by atoms with Crippen LogP contribution in [0.1, 0.15) is 49.4 Å². The molecule has 4 nitrogen and oxygen atoms in total. The molecule has 116 valence electrons. The summed E-state index contributed by atoms with van der Waals surface area (Å²) in [5.74, 6) is 0.819. The molecular formula is C17H27N3O. The molecular weight excluding hydrogens is 262 g/mol. The zero-order chi connectivity index (χ0) is 15.4. The lowest BCUT2D eigenvalue weighted by molar-refractivity contribution is 0.0828. The fraction of sp³-hybridized carbons (Fsp3) is 0.588. The van der Waals surface area contributed by atoms with Crippen LogP contribution in [0.3, 0.4) is 0 Å². The van der Waals surface area contributed by atoms with Gasteiger partial charge in [0.2, 0.25) is 0 Å². The first kappa shape index (κ1) is 15.7. The van der Waals surface area contributed by atoms with Crippen molar-refractivity contribution in [1.29, 1.82) is 0 Å². The van der Waals surface area contributed by atoms with Crippen LogP contribution in [0.15, 0.2) is 18.2 Å². The predicted octanol–water partition coefficient (Wildman–Crippen LogP) is 3.35. The third-order valence-electron chi connectivity index (χ3n) is 4.30. The van der Waals surface area contributed by atoms with E-state index in [9.17, 15) is 4.79 Å². The van der Waals surface area contributed by atoms with Gasteiger partial charge in [-0.05, 0) is 43.4 Å². The van der Waals surface area contributed by atoms with Crippen molar-refractivity contribution in [2.45, 2.75) is 45.1 Å². The van der Waals surface area contributed by atoms with Gasteiger partial charge in [-0.1, -0.05) is 19.8 Å². The van der Waals surface area contributed by atoms with Crippen molar-refractivity contribution in [2.24, 2.45) is 5.92 Å². The van der Waals surface area contributed by atoms with E-state index in [-0.39, 0.29) is 5.91 Å². The van der Waals surface area contributed by atoms with E-state index in [1.165, 1.54) is 19.3 Å². The Labute approximate surface area is 127 Å². The van der Waals surface area contributed by atoms with Crippen molar-refractivity contribution in [3.8, 4) is 0 Å². The fourth-order valence-corrected chi connectivity index (χ4v) is 2.96. The second-order valence-electron chi connectivity index (χ2n) is 6.46. The van der Waals surface area contributed by atoms with E-state index in [1.807, 2.05) is 12.1 Å². The summed E-state index contributed by atoms with van der Waals surface area (Å²) in [4.78, 5) is 13.9. The first-order valence-electron chi connectivity index (χ1n) is 7.85. The summed E-state index contributed by atoms with van der Waals surface area (Å²) in [5.41, 5.74) is 8.16. The van der Waals surface area contributed by atoms with Gasteiger partial charge >= 0.3 is 0 Å². The molecule has 4 heteroatoms. The monoisotopic (exact) mass is 289 g/mol. The average molecular weight is 289 g/mol. The molecule has 0 aliphatic heterocycles. The van der Waals surface area contributed by atoms with Crippen LogP contribution in [-0.4, -0.2) is 30.9 Å². The Morgan fingerprint density at radius 3 is 2.71 bits per heavy atom. The lowest BCUT2D eigenvalue weighted by Gasteiger charge is -2.21. The highest BCUT2D eigenvalue weighted by Crippen LogP contribution is 2.27. The minimum Gasteiger partial charge on any atom is -0.399 e. The molecule has 0 saturated heterocycles. The van der Waals surface area contributed by atoms with Gasteiger partial charge in [-0.2, -0.15) is 0 Å². The molecule has 1 aliphatic carbocycles. The molecule has 1 saturated carbocycles. The van der Waals surface area contributed by atoms with Gasteiger partial charge in [0.05, 0.1) is 5.56 Å². The SMILES string of the molecule is CC1CCCC(Nc2cc(N)ccc2C(=O)N(C)C)CC1. The van der Waals surface area contributed by atoms with Crippen molar-refractivity contribution in [1.82, 2.24) is 4.90 Å². The largest absolute Gasteiger partial charge is 0.399 e. The van der Waals surface area contributed by atoms with E-state index in [4.69, 9.17) is 5.73 Å². The van der Waals surface area contributed by atoms with Crippen LogP contribution in [0.4, 0.5) is 11.4 Å². The predicted molar refractivity (Wildman–Crippen MR) is 88.5 cm³/mol. The summed E-state index contributed by atoms with van der Waals surface area (Å²) in [6, 6.07) is 5.92. The summed E-state index contributed by atoms with van der Waals surface area (Å²) in [6.45, 7) is 2.32. The highest BCUT2D eigenvalue weighted by Gasteiger charge is 2.19. The van der Waals surface area contributed by atoms with E-state index < -0.39 is 0 Å². The molecule has 1 aromatic carbocycles. The zero-order valence-corrected chi connectivity index (χ0v) is 13.4. The van der Waals surface area contributed by atoms with E-state index in [2.05, 4.69) is 12.2 Å². The molecule has 2 atom stereocenters. The van der Waals surface area contributed by atoms with Gasteiger partial charge in [0.25, 0.3) is 5.91 Å². The second-order valence-corrected chi connectivity index (χ2v) is 6.46. The number of carbonyl (C=O) groups excluding carboxylic acids is 1. The van der Waals surface area contributed by atoms with E-state index >= 15 is 0 Å². The van der Waals surface area contributed by atoms with Gasteiger partial charge in [-0.3, -0.25) is 4.79 Å². The van der Waals surface area contributed by atoms with Crippen LogP contribution in [0.2, 0.25) is 0 Å². The molecule has 2 rings (SSSR count). The van der Waals surface area contributed by atoms with Crippen LogP contribution in [-0.2, 0) is 0 Å². The molecule has 0 aromatic heterocycles. The van der Waals surface area contributed by atoms with Crippen molar-refractivity contribution >= 4 is 17.3 Å². The molecule has 0 spiro atoms. The maximum atomic E-state index is 12.3. The molecule has 0 heterocycles. The molecule has 1 fully saturated rings. The van der Waals surface area contributed by atoms with Crippen molar-refractivity contribution in [3.05, 3.63) is 23.8 Å². The smallest absolute Gasteiger partial charge is 0.255 e. The van der Waals surface area contributed by atoms with Crippen LogP contribution in [0, 0.1) is 5.92 Å². The molecule has 1 aromatic rings. The molecule has 3 N–H and O–H groups in total. The number of hydrogen-bond acceptors (Lipinski definition) is 3. The van der Waals surface area contributed by atoms with Crippen molar-refractivity contribution in [3.63, 3.8) is 0 Å². The Balaban J connectivity index is 2.18. The molecule has 1 aliphatic rings. The first-order valence-corrected chi connectivity index (χ1v) is 7.85.